The molecule has 2 aliphatic rings. The van der Waals surface area contributed by atoms with Gasteiger partial charge in [-0.1, -0.05) is 31.2 Å². The minimum atomic E-state index is -0.762. The number of rotatable bonds is 6. The lowest BCUT2D eigenvalue weighted by Gasteiger charge is -2.42. The summed E-state index contributed by atoms with van der Waals surface area (Å²) in [5, 5.41) is 7.51. The highest BCUT2D eigenvalue weighted by Gasteiger charge is 2.36. The summed E-state index contributed by atoms with van der Waals surface area (Å²) in [4.78, 5) is 6.88. The van der Waals surface area contributed by atoms with Crippen LogP contribution in [-0.2, 0) is 17.2 Å². The van der Waals surface area contributed by atoms with Crippen molar-refractivity contribution in [3.8, 4) is 6.01 Å². The molecule has 29 heavy (non-hydrogen) atoms. The number of likely N-dealkylation sites (tertiary alicyclic amines) is 1. The number of nitrogens with one attached hydrogen (secondary N) is 1. The van der Waals surface area contributed by atoms with E-state index in [4.69, 9.17) is 9.26 Å². The van der Waals surface area contributed by atoms with Crippen molar-refractivity contribution in [2.45, 2.75) is 44.7 Å². The van der Waals surface area contributed by atoms with Gasteiger partial charge in [0.05, 0.1) is 24.4 Å². The molecule has 4 atom stereocenters. The maximum absolute atomic E-state index is 12.2. The van der Waals surface area contributed by atoms with Crippen molar-refractivity contribution >= 4 is 10.8 Å². The fraction of sp³-hybridized carbons (Fsp3) is 0.619. The molecule has 0 amide bonds. The first-order chi connectivity index (χ1) is 14.2. The van der Waals surface area contributed by atoms with Crippen molar-refractivity contribution in [2.24, 2.45) is 0 Å². The third-order valence-electron chi connectivity index (χ3n) is 5.88. The van der Waals surface area contributed by atoms with E-state index in [1.807, 2.05) is 6.92 Å². The largest absolute Gasteiger partial charge is 0.462 e. The van der Waals surface area contributed by atoms with E-state index < -0.39 is 10.8 Å². The number of piperidine rings is 1. The molecule has 4 unspecified atom stereocenters. The van der Waals surface area contributed by atoms with Crippen LogP contribution in [0.1, 0.15) is 49.1 Å². The molecular formula is C21H30N4O3S. The van der Waals surface area contributed by atoms with E-state index in [-0.39, 0.29) is 12.1 Å². The first-order valence-electron chi connectivity index (χ1n) is 10.5. The van der Waals surface area contributed by atoms with Gasteiger partial charge in [0, 0.05) is 36.2 Å². The number of benzene rings is 1. The Labute approximate surface area is 174 Å². The Morgan fingerprint density at radius 1 is 1.24 bits per heavy atom. The molecule has 2 saturated heterocycles. The highest BCUT2D eigenvalue weighted by atomic mass is 32.2. The Kier molecular flexibility index (Phi) is 6.62. The van der Waals surface area contributed by atoms with Gasteiger partial charge >= 0.3 is 6.01 Å². The predicted molar refractivity (Wildman–Crippen MR) is 113 cm³/mol. The van der Waals surface area contributed by atoms with Gasteiger partial charge in [0.15, 0.2) is 0 Å². The van der Waals surface area contributed by atoms with Crippen LogP contribution in [0.2, 0.25) is 0 Å². The van der Waals surface area contributed by atoms with Crippen molar-refractivity contribution in [3.63, 3.8) is 0 Å². The van der Waals surface area contributed by atoms with Crippen LogP contribution in [0.25, 0.3) is 0 Å². The minimum Gasteiger partial charge on any atom is -0.462 e. The second kappa shape index (κ2) is 9.36. The molecule has 3 heterocycles. The number of aryl methyl sites for hydroxylation is 1. The lowest BCUT2D eigenvalue weighted by atomic mass is 9.84. The monoisotopic (exact) mass is 418 g/mol. The number of nitrogens with zero attached hydrogens (tertiary/aromatic N) is 3. The average molecular weight is 419 g/mol. The second-order valence-corrected chi connectivity index (χ2v) is 9.43. The van der Waals surface area contributed by atoms with E-state index in [9.17, 15) is 4.21 Å². The van der Waals surface area contributed by atoms with Gasteiger partial charge in [0.25, 0.3) is 0 Å². The molecule has 1 N–H and O–H groups in total. The van der Waals surface area contributed by atoms with E-state index in [1.54, 1.807) is 0 Å². The Hall–Kier alpha value is -1.77. The van der Waals surface area contributed by atoms with E-state index in [2.05, 4.69) is 51.5 Å². The predicted octanol–water partition coefficient (Wildman–Crippen LogP) is 2.28. The van der Waals surface area contributed by atoms with Crippen LogP contribution < -0.4 is 10.1 Å². The van der Waals surface area contributed by atoms with Crippen LogP contribution in [0.3, 0.4) is 0 Å². The second-order valence-electron chi connectivity index (χ2n) is 7.81. The molecule has 8 heteroatoms. The maximum Gasteiger partial charge on any atom is 0.354 e. The molecule has 0 aliphatic carbocycles. The maximum atomic E-state index is 12.2. The van der Waals surface area contributed by atoms with E-state index >= 15 is 0 Å². The van der Waals surface area contributed by atoms with Gasteiger partial charge in [-0.3, -0.25) is 9.11 Å². The Balaban J connectivity index is 1.57. The van der Waals surface area contributed by atoms with Gasteiger partial charge in [-0.2, -0.15) is 4.98 Å². The number of hydrogen-bond donors (Lipinski definition) is 1. The summed E-state index contributed by atoms with van der Waals surface area (Å²) in [5.41, 5.74) is 2.68. The Bertz CT molecular complexity index is 826. The molecule has 7 nitrogen and oxygen atoms in total. The molecule has 1 aromatic heterocycles. The lowest BCUT2D eigenvalue weighted by Crippen LogP contribution is -2.57. The van der Waals surface area contributed by atoms with Crippen LogP contribution in [-0.4, -0.2) is 63.2 Å². The quantitative estimate of drug-likeness (QED) is 0.771. The molecule has 2 aromatic rings. The summed E-state index contributed by atoms with van der Waals surface area (Å²) >= 11 is 0. The van der Waals surface area contributed by atoms with Gasteiger partial charge in [0.2, 0.25) is 5.89 Å². The van der Waals surface area contributed by atoms with Crippen LogP contribution in [0.15, 0.2) is 28.8 Å². The van der Waals surface area contributed by atoms with Crippen molar-refractivity contribution < 1.29 is 13.5 Å². The summed E-state index contributed by atoms with van der Waals surface area (Å²) in [6, 6.07) is 9.24. The SMILES string of the molecule is CCOc1noc(C2CC(c3ccc(CC)cc3)CN(C3CS(=O)CCN3)C2)n1. The standard InChI is InChI=1S/C21H30N4O3S/c1-3-15-5-7-16(8-6-15)17-11-18(20-23-21(24-28-20)27-4-2)13-25(12-17)19-14-29(26)10-9-22-19/h5-8,17-19,22H,3-4,9-14H2,1-2H3. The zero-order valence-corrected chi connectivity index (χ0v) is 18.0. The molecule has 0 bridgehead atoms. The van der Waals surface area contributed by atoms with Crippen molar-refractivity contribution in [2.75, 3.05) is 37.7 Å². The first kappa shape index (κ1) is 20.5. The molecule has 1 aromatic carbocycles. The Morgan fingerprint density at radius 3 is 2.76 bits per heavy atom. The van der Waals surface area contributed by atoms with E-state index in [1.165, 1.54) is 11.1 Å². The van der Waals surface area contributed by atoms with Crippen LogP contribution >= 0.6 is 0 Å². The fourth-order valence-electron chi connectivity index (χ4n) is 4.30. The first-order valence-corrected chi connectivity index (χ1v) is 12.0. The zero-order valence-electron chi connectivity index (χ0n) is 17.2. The van der Waals surface area contributed by atoms with Crippen LogP contribution in [0, 0.1) is 0 Å². The molecule has 0 spiro atoms. The average Bonchev–Trinajstić information content (AvgIpc) is 3.22. The van der Waals surface area contributed by atoms with Gasteiger partial charge in [0.1, 0.15) is 0 Å². The minimum absolute atomic E-state index is 0.124. The molecule has 4 rings (SSSR count). The van der Waals surface area contributed by atoms with Crippen LogP contribution in [0.4, 0.5) is 0 Å². The number of hydrogen-bond acceptors (Lipinski definition) is 7. The van der Waals surface area contributed by atoms with E-state index in [0.717, 1.165) is 38.2 Å². The smallest absolute Gasteiger partial charge is 0.354 e. The fourth-order valence-corrected chi connectivity index (χ4v) is 5.49. The molecule has 0 saturated carbocycles. The molecule has 2 fully saturated rings. The van der Waals surface area contributed by atoms with Crippen molar-refractivity contribution in [3.05, 3.63) is 41.3 Å². The molecule has 2 aliphatic heterocycles. The van der Waals surface area contributed by atoms with Crippen molar-refractivity contribution in [1.82, 2.24) is 20.4 Å². The summed E-state index contributed by atoms with van der Waals surface area (Å²) in [5.74, 6) is 2.52. The highest BCUT2D eigenvalue weighted by Crippen LogP contribution is 2.36. The normalized spacial score (nSPS) is 28.3. The van der Waals surface area contributed by atoms with E-state index in [0.29, 0.717) is 30.2 Å². The zero-order chi connectivity index (χ0) is 20.2. The number of aromatic nitrogens is 2. The third kappa shape index (κ3) is 4.87. The summed E-state index contributed by atoms with van der Waals surface area (Å²) < 4.78 is 23.1. The highest BCUT2D eigenvalue weighted by molar-refractivity contribution is 7.85. The molecular weight excluding hydrogens is 388 g/mol. The Morgan fingerprint density at radius 2 is 2.03 bits per heavy atom. The topological polar surface area (TPSA) is 80.5 Å². The third-order valence-corrected chi connectivity index (χ3v) is 7.23. The van der Waals surface area contributed by atoms with Gasteiger partial charge in [-0.15, -0.1) is 0 Å². The molecule has 158 valence electrons. The van der Waals surface area contributed by atoms with Crippen molar-refractivity contribution in [1.29, 1.82) is 0 Å². The summed E-state index contributed by atoms with van der Waals surface area (Å²) in [6.45, 7) is 7.13. The molecule has 0 radical (unpaired) electrons. The summed E-state index contributed by atoms with van der Waals surface area (Å²) in [6.07, 6.45) is 2.12. The van der Waals surface area contributed by atoms with Gasteiger partial charge in [-0.25, -0.2) is 0 Å². The van der Waals surface area contributed by atoms with Crippen LogP contribution in [0.5, 0.6) is 6.01 Å². The number of ether oxygens (including phenoxy) is 1. The summed E-state index contributed by atoms with van der Waals surface area (Å²) in [7, 11) is -0.762. The lowest BCUT2D eigenvalue weighted by molar-refractivity contribution is 0.112. The van der Waals surface area contributed by atoms with Gasteiger partial charge < -0.3 is 14.6 Å². The van der Waals surface area contributed by atoms with Gasteiger partial charge in [-0.05, 0) is 42.0 Å².